The summed E-state index contributed by atoms with van der Waals surface area (Å²) in [5, 5.41) is 0.698. The Bertz CT molecular complexity index is 103. The summed E-state index contributed by atoms with van der Waals surface area (Å²) in [6.07, 6.45) is 1.18. The molecule has 0 saturated heterocycles. The van der Waals surface area contributed by atoms with Crippen molar-refractivity contribution in [2.45, 2.75) is 45.7 Å². The topological polar surface area (TPSA) is 18.5 Å². The predicted octanol–water partition coefficient (Wildman–Crippen LogP) is 2.92. The Morgan fingerprint density at radius 1 is 1.08 bits per heavy atom. The van der Waals surface area contributed by atoms with Crippen molar-refractivity contribution in [2.75, 3.05) is 19.0 Å². The summed E-state index contributed by atoms with van der Waals surface area (Å²) in [4.78, 5) is 0. The third kappa shape index (κ3) is 7.35. The van der Waals surface area contributed by atoms with Gasteiger partial charge in [-0.05, 0) is 20.3 Å². The lowest BCUT2D eigenvalue weighted by molar-refractivity contribution is -0.120. The van der Waals surface area contributed by atoms with Gasteiger partial charge in [0, 0.05) is 24.2 Å². The van der Waals surface area contributed by atoms with Gasteiger partial charge in [-0.1, -0.05) is 13.8 Å². The highest BCUT2D eigenvalue weighted by atomic mass is 32.2. The molecular formula is C10H22O2S. The summed E-state index contributed by atoms with van der Waals surface area (Å²) in [6.45, 7) is 9.89. The first kappa shape index (κ1) is 13.3. The molecule has 0 aromatic heterocycles. The van der Waals surface area contributed by atoms with E-state index in [2.05, 4.69) is 13.8 Å². The first-order valence-corrected chi connectivity index (χ1v) is 6.14. The predicted molar refractivity (Wildman–Crippen MR) is 59.3 cm³/mol. The summed E-state index contributed by atoms with van der Waals surface area (Å²) >= 11 is 1.91. The molecule has 0 amide bonds. The van der Waals surface area contributed by atoms with E-state index in [1.54, 1.807) is 0 Å². The normalized spacial score (nSPS) is 13.6. The maximum atomic E-state index is 5.43. The zero-order chi connectivity index (χ0) is 10.1. The monoisotopic (exact) mass is 206 g/mol. The van der Waals surface area contributed by atoms with Crippen LogP contribution in [0.2, 0.25) is 0 Å². The van der Waals surface area contributed by atoms with E-state index in [4.69, 9.17) is 9.47 Å². The minimum atomic E-state index is -0.0194. The third-order valence-corrected chi connectivity index (χ3v) is 3.16. The molecule has 0 radical (unpaired) electrons. The van der Waals surface area contributed by atoms with E-state index in [0.717, 1.165) is 19.0 Å². The van der Waals surface area contributed by atoms with Gasteiger partial charge in [0.1, 0.15) is 0 Å². The molecule has 0 aliphatic heterocycles. The molecule has 0 aliphatic rings. The van der Waals surface area contributed by atoms with Crippen LogP contribution in [0.1, 0.15) is 34.1 Å². The highest BCUT2D eigenvalue weighted by Gasteiger charge is 2.09. The van der Waals surface area contributed by atoms with Crippen LogP contribution in [-0.2, 0) is 9.47 Å². The van der Waals surface area contributed by atoms with Crippen molar-refractivity contribution in [1.82, 2.24) is 0 Å². The van der Waals surface area contributed by atoms with E-state index in [1.807, 2.05) is 25.6 Å². The summed E-state index contributed by atoms with van der Waals surface area (Å²) < 4.78 is 10.9. The minimum absolute atomic E-state index is 0.0194. The van der Waals surface area contributed by atoms with E-state index in [9.17, 15) is 0 Å². The molecule has 0 rings (SSSR count). The molecule has 0 aromatic rings. The maximum Gasteiger partial charge on any atom is 0.166 e. The van der Waals surface area contributed by atoms with Crippen molar-refractivity contribution in [3.05, 3.63) is 0 Å². The molecule has 0 spiro atoms. The van der Waals surface area contributed by atoms with Crippen molar-refractivity contribution in [1.29, 1.82) is 0 Å². The molecule has 1 unspecified atom stereocenters. The molecule has 0 N–H and O–H groups in total. The van der Waals surface area contributed by atoms with Crippen LogP contribution < -0.4 is 0 Å². The zero-order valence-corrected chi connectivity index (χ0v) is 10.0. The summed E-state index contributed by atoms with van der Waals surface area (Å²) in [7, 11) is 0. The molecule has 0 bridgehead atoms. The van der Waals surface area contributed by atoms with Gasteiger partial charge in [-0.25, -0.2) is 0 Å². The van der Waals surface area contributed by atoms with Gasteiger partial charge in [-0.3, -0.25) is 0 Å². The molecule has 0 aliphatic carbocycles. The molecule has 1 atom stereocenters. The molecular weight excluding hydrogens is 184 g/mol. The maximum absolute atomic E-state index is 5.43. The van der Waals surface area contributed by atoms with Crippen LogP contribution in [0.5, 0.6) is 0 Å². The van der Waals surface area contributed by atoms with Crippen molar-refractivity contribution in [3.63, 3.8) is 0 Å². The van der Waals surface area contributed by atoms with Gasteiger partial charge < -0.3 is 9.47 Å². The van der Waals surface area contributed by atoms with Crippen LogP contribution in [-0.4, -0.2) is 30.5 Å². The van der Waals surface area contributed by atoms with Crippen molar-refractivity contribution >= 4 is 11.8 Å². The average Bonchev–Trinajstić information content (AvgIpc) is 2.14. The van der Waals surface area contributed by atoms with Crippen LogP contribution >= 0.6 is 11.8 Å². The second-order valence-corrected chi connectivity index (χ2v) is 4.36. The molecule has 80 valence electrons. The molecule has 0 aromatic carbocycles. The Kier molecular flexibility index (Phi) is 9.03. The Balaban J connectivity index is 3.55. The van der Waals surface area contributed by atoms with E-state index < -0.39 is 0 Å². The lowest BCUT2D eigenvalue weighted by Crippen LogP contribution is -2.21. The number of hydrogen-bond acceptors (Lipinski definition) is 3. The van der Waals surface area contributed by atoms with Crippen molar-refractivity contribution < 1.29 is 9.47 Å². The van der Waals surface area contributed by atoms with Gasteiger partial charge in [0.15, 0.2) is 6.29 Å². The number of ether oxygens (including phenoxy) is 2. The smallest absolute Gasteiger partial charge is 0.166 e. The van der Waals surface area contributed by atoms with E-state index >= 15 is 0 Å². The summed E-state index contributed by atoms with van der Waals surface area (Å²) in [5.74, 6) is 0.941. The SMILES string of the molecule is CCOC(CSC(C)CC)OCC. The van der Waals surface area contributed by atoms with E-state index in [-0.39, 0.29) is 6.29 Å². The Morgan fingerprint density at radius 3 is 2.00 bits per heavy atom. The van der Waals surface area contributed by atoms with Crippen LogP contribution in [0.15, 0.2) is 0 Å². The quantitative estimate of drug-likeness (QED) is 0.569. The van der Waals surface area contributed by atoms with Gasteiger partial charge in [0.25, 0.3) is 0 Å². The van der Waals surface area contributed by atoms with E-state index in [0.29, 0.717) is 5.25 Å². The number of thioether (sulfide) groups is 1. The van der Waals surface area contributed by atoms with Crippen LogP contribution in [0.25, 0.3) is 0 Å². The van der Waals surface area contributed by atoms with Gasteiger partial charge in [0.2, 0.25) is 0 Å². The van der Waals surface area contributed by atoms with Gasteiger partial charge in [-0.15, -0.1) is 0 Å². The van der Waals surface area contributed by atoms with Gasteiger partial charge >= 0.3 is 0 Å². The molecule has 0 fully saturated rings. The lowest BCUT2D eigenvalue weighted by atomic mass is 10.4. The largest absolute Gasteiger partial charge is 0.352 e. The van der Waals surface area contributed by atoms with E-state index in [1.165, 1.54) is 6.42 Å². The zero-order valence-electron chi connectivity index (χ0n) is 9.21. The van der Waals surface area contributed by atoms with Crippen LogP contribution in [0.3, 0.4) is 0 Å². The van der Waals surface area contributed by atoms with Crippen LogP contribution in [0, 0.1) is 0 Å². The average molecular weight is 206 g/mol. The number of rotatable bonds is 8. The molecule has 0 heterocycles. The van der Waals surface area contributed by atoms with Crippen molar-refractivity contribution in [3.8, 4) is 0 Å². The van der Waals surface area contributed by atoms with Crippen molar-refractivity contribution in [2.24, 2.45) is 0 Å². The van der Waals surface area contributed by atoms with Crippen LogP contribution in [0.4, 0.5) is 0 Å². The first-order valence-electron chi connectivity index (χ1n) is 5.09. The van der Waals surface area contributed by atoms with Gasteiger partial charge in [0.05, 0.1) is 0 Å². The standard InChI is InChI=1S/C10H22O2S/c1-5-9(4)13-8-10(11-6-2)12-7-3/h9-10H,5-8H2,1-4H3. The Hall–Kier alpha value is 0.270. The Morgan fingerprint density at radius 2 is 1.62 bits per heavy atom. The number of hydrogen-bond donors (Lipinski definition) is 0. The highest BCUT2D eigenvalue weighted by Crippen LogP contribution is 2.16. The molecule has 2 nitrogen and oxygen atoms in total. The highest BCUT2D eigenvalue weighted by molar-refractivity contribution is 7.99. The lowest BCUT2D eigenvalue weighted by Gasteiger charge is -2.18. The second-order valence-electron chi connectivity index (χ2n) is 2.89. The second kappa shape index (κ2) is 8.85. The fourth-order valence-corrected chi connectivity index (χ4v) is 1.79. The summed E-state index contributed by atoms with van der Waals surface area (Å²) in [5.41, 5.74) is 0. The third-order valence-electron chi connectivity index (χ3n) is 1.80. The fraction of sp³-hybridized carbons (Fsp3) is 1.00. The van der Waals surface area contributed by atoms with Gasteiger partial charge in [-0.2, -0.15) is 11.8 Å². The first-order chi connectivity index (χ1) is 6.24. The summed E-state index contributed by atoms with van der Waals surface area (Å²) in [6, 6.07) is 0. The molecule has 0 saturated carbocycles. The fourth-order valence-electron chi connectivity index (χ4n) is 0.877. The minimum Gasteiger partial charge on any atom is -0.352 e. The molecule has 3 heteroatoms. The Labute approximate surface area is 86.4 Å². The molecule has 13 heavy (non-hydrogen) atoms.